The summed E-state index contributed by atoms with van der Waals surface area (Å²) < 4.78 is 12.5. The third-order valence-electron chi connectivity index (χ3n) is 2.12. The minimum atomic E-state index is -0.0881. The summed E-state index contributed by atoms with van der Waals surface area (Å²) in [7, 11) is 6.28. The summed E-state index contributed by atoms with van der Waals surface area (Å²) in [4.78, 5) is 0. The molecular formula is C8H12N2O2S6. The average molecular weight is 361 g/mol. The Kier molecular flexibility index (Phi) is 7.59. The van der Waals surface area contributed by atoms with E-state index in [9.17, 15) is 0 Å². The lowest BCUT2D eigenvalue weighted by atomic mass is 10.6. The Balaban J connectivity index is 1.55. The highest BCUT2D eigenvalue weighted by molar-refractivity contribution is 9.29. The number of thiocarbonyl (C=S) groups is 2. The van der Waals surface area contributed by atoms with Crippen LogP contribution >= 0.6 is 65.7 Å². The van der Waals surface area contributed by atoms with Gasteiger partial charge in [0, 0.05) is 13.1 Å². The van der Waals surface area contributed by atoms with Gasteiger partial charge in [0.25, 0.3) is 0 Å². The Bertz CT molecular complexity index is 276. The number of rotatable bonds is 5. The summed E-state index contributed by atoms with van der Waals surface area (Å²) in [6.45, 7) is 3.19. The van der Waals surface area contributed by atoms with Gasteiger partial charge in [-0.15, -0.1) is 0 Å². The van der Waals surface area contributed by atoms with Crippen molar-refractivity contribution in [3.8, 4) is 0 Å². The molecule has 0 spiro atoms. The topological polar surface area (TPSA) is 42.5 Å². The van der Waals surface area contributed by atoms with Crippen molar-refractivity contribution in [2.24, 2.45) is 0 Å². The van der Waals surface area contributed by atoms with Gasteiger partial charge >= 0.3 is 0 Å². The highest BCUT2D eigenvalue weighted by Crippen LogP contribution is 2.45. The number of nitrogens with one attached hydrogen (secondary N) is 2. The van der Waals surface area contributed by atoms with Crippen LogP contribution in [-0.2, 0) is 9.47 Å². The zero-order valence-electron chi connectivity index (χ0n) is 9.25. The van der Waals surface area contributed by atoms with Crippen LogP contribution < -0.4 is 10.6 Å². The van der Waals surface area contributed by atoms with Crippen molar-refractivity contribution in [3.05, 3.63) is 0 Å². The molecule has 0 saturated carbocycles. The Morgan fingerprint density at radius 3 is 1.67 bits per heavy atom. The lowest BCUT2D eigenvalue weighted by Gasteiger charge is -2.11. The van der Waals surface area contributed by atoms with Crippen molar-refractivity contribution >= 4 is 74.1 Å². The van der Waals surface area contributed by atoms with Crippen LogP contribution in [0.4, 0.5) is 0 Å². The number of ether oxygens (including phenoxy) is 2. The van der Waals surface area contributed by atoms with Crippen molar-refractivity contribution in [1.82, 2.24) is 10.6 Å². The summed E-state index contributed by atoms with van der Waals surface area (Å²) in [5.74, 6) is 0. The van der Waals surface area contributed by atoms with Gasteiger partial charge in [-0.3, -0.25) is 10.6 Å². The molecule has 2 aliphatic heterocycles. The van der Waals surface area contributed by atoms with E-state index >= 15 is 0 Å². The summed E-state index contributed by atoms with van der Waals surface area (Å²) in [5, 5.41) is 6.36. The first kappa shape index (κ1) is 15.8. The molecule has 0 amide bonds. The van der Waals surface area contributed by atoms with E-state index in [4.69, 9.17) is 33.9 Å². The van der Waals surface area contributed by atoms with Gasteiger partial charge in [0.2, 0.25) is 0 Å². The van der Waals surface area contributed by atoms with E-state index in [-0.39, 0.29) is 12.5 Å². The fourth-order valence-corrected chi connectivity index (χ4v) is 8.11. The molecule has 0 aromatic rings. The first-order chi connectivity index (χ1) is 8.77. The molecular weight excluding hydrogens is 349 g/mol. The van der Waals surface area contributed by atoms with Crippen LogP contribution in [0.25, 0.3) is 0 Å². The normalized spacial score (nSPS) is 27.6. The lowest BCUT2D eigenvalue weighted by Crippen LogP contribution is -2.28. The van der Waals surface area contributed by atoms with Gasteiger partial charge in [-0.1, -0.05) is 24.4 Å². The highest BCUT2D eigenvalue weighted by Gasteiger charge is 2.22. The lowest BCUT2D eigenvalue weighted by molar-refractivity contribution is 0.155. The van der Waals surface area contributed by atoms with Crippen molar-refractivity contribution in [3.63, 3.8) is 0 Å². The minimum Gasteiger partial charge on any atom is -0.356 e. The zero-order chi connectivity index (χ0) is 12.8. The third kappa shape index (κ3) is 5.08. The van der Waals surface area contributed by atoms with Crippen LogP contribution in [0.2, 0.25) is 0 Å². The summed E-state index contributed by atoms with van der Waals surface area (Å²) in [5.41, 5.74) is 0. The first-order valence-electron chi connectivity index (χ1n) is 5.23. The van der Waals surface area contributed by atoms with Crippen LogP contribution in [0.5, 0.6) is 0 Å². The van der Waals surface area contributed by atoms with Crippen LogP contribution in [0.3, 0.4) is 0 Å². The van der Waals surface area contributed by atoms with Crippen molar-refractivity contribution in [2.75, 3.05) is 26.3 Å². The number of hydrogen-bond acceptors (Lipinski definition) is 10. The molecule has 0 bridgehead atoms. The summed E-state index contributed by atoms with van der Waals surface area (Å²) in [6.07, 6.45) is -0.176. The highest BCUT2D eigenvalue weighted by atomic mass is 33.7. The minimum absolute atomic E-state index is 0.0881. The zero-order valence-corrected chi connectivity index (χ0v) is 14.1. The Morgan fingerprint density at radius 2 is 1.33 bits per heavy atom. The second-order valence-electron chi connectivity index (χ2n) is 3.35. The van der Waals surface area contributed by atoms with Gasteiger partial charge in [-0.2, -0.15) is 0 Å². The van der Waals surface area contributed by atoms with E-state index in [0.29, 0.717) is 0 Å². The fourth-order valence-electron chi connectivity index (χ4n) is 1.34. The monoisotopic (exact) mass is 360 g/mol. The second-order valence-corrected chi connectivity index (χ2v) is 10.5. The van der Waals surface area contributed by atoms with E-state index < -0.39 is 0 Å². The molecule has 2 saturated heterocycles. The quantitative estimate of drug-likeness (QED) is 0.433. The predicted octanol–water partition coefficient (Wildman–Crippen LogP) is 2.21. The molecule has 2 fully saturated rings. The first-order valence-corrected chi connectivity index (χ1v) is 10.9. The Morgan fingerprint density at radius 1 is 0.889 bits per heavy atom. The van der Waals surface area contributed by atoms with Gasteiger partial charge in [0.1, 0.15) is 8.39 Å². The molecule has 2 unspecified atom stereocenters. The Hall–Kier alpha value is 1.42. The summed E-state index contributed by atoms with van der Waals surface area (Å²) >= 11 is 10.5. The molecule has 0 aliphatic carbocycles. The molecule has 102 valence electrons. The van der Waals surface area contributed by atoms with Gasteiger partial charge < -0.3 is 9.47 Å². The van der Waals surface area contributed by atoms with Crippen molar-refractivity contribution < 1.29 is 9.47 Å². The van der Waals surface area contributed by atoms with Gasteiger partial charge in [0.15, 0.2) is 12.5 Å². The van der Waals surface area contributed by atoms with Crippen molar-refractivity contribution in [2.45, 2.75) is 12.5 Å². The Labute approximate surface area is 132 Å². The van der Waals surface area contributed by atoms with E-state index in [1.165, 1.54) is 0 Å². The molecule has 10 heteroatoms. The molecule has 2 rings (SSSR count). The van der Waals surface area contributed by atoms with Crippen LogP contribution in [0.1, 0.15) is 0 Å². The third-order valence-corrected chi connectivity index (χ3v) is 9.51. The van der Waals surface area contributed by atoms with E-state index in [1.807, 2.05) is 0 Å². The van der Waals surface area contributed by atoms with Gasteiger partial charge in [0.05, 0.1) is 13.2 Å². The second kappa shape index (κ2) is 8.65. The molecule has 2 atom stereocenters. The molecule has 18 heavy (non-hydrogen) atoms. The van der Waals surface area contributed by atoms with E-state index in [1.54, 1.807) is 41.2 Å². The standard InChI is InChI=1S/C8H12N2O2S6/c13-7(5-9-1-3-11-5)15-17-18-16-8(14)6-10-2-4-12-6/h5-6,9-10H,1-4H2. The number of hydrogen-bond donors (Lipinski definition) is 2. The maximum Gasteiger partial charge on any atom is 0.151 e. The van der Waals surface area contributed by atoms with Gasteiger partial charge in [-0.05, 0) is 41.2 Å². The molecule has 4 nitrogen and oxygen atoms in total. The van der Waals surface area contributed by atoms with Crippen LogP contribution in [-0.4, -0.2) is 47.2 Å². The fraction of sp³-hybridized carbons (Fsp3) is 0.750. The van der Waals surface area contributed by atoms with Crippen LogP contribution in [0.15, 0.2) is 0 Å². The van der Waals surface area contributed by atoms with Crippen molar-refractivity contribution in [1.29, 1.82) is 0 Å². The maximum absolute atomic E-state index is 5.42. The molecule has 2 N–H and O–H groups in total. The van der Waals surface area contributed by atoms with Gasteiger partial charge in [-0.25, -0.2) is 0 Å². The molecule has 0 radical (unpaired) electrons. The average Bonchev–Trinajstić information content (AvgIpc) is 3.05. The molecule has 2 heterocycles. The maximum atomic E-state index is 5.42. The van der Waals surface area contributed by atoms with E-state index in [2.05, 4.69) is 10.6 Å². The van der Waals surface area contributed by atoms with Crippen LogP contribution in [0, 0.1) is 0 Å². The predicted molar refractivity (Wildman–Crippen MR) is 91.0 cm³/mol. The molecule has 0 aromatic carbocycles. The smallest absolute Gasteiger partial charge is 0.151 e. The largest absolute Gasteiger partial charge is 0.356 e. The van der Waals surface area contributed by atoms with E-state index in [0.717, 1.165) is 34.7 Å². The SMILES string of the molecule is S=C(SSSSC(=S)C1NCCO1)C1NCCO1. The molecule has 0 aromatic heterocycles. The summed E-state index contributed by atoms with van der Waals surface area (Å²) in [6, 6.07) is 0. The molecule has 2 aliphatic rings.